The molecule has 0 aliphatic rings. The summed E-state index contributed by atoms with van der Waals surface area (Å²) in [6.45, 7) is 3.71. The molecule has 0 saturated heterocycles. The van der Waals surface area contributed by atoms with Gasteiger partial charge in [-0.3, -0.25) is 4.79 Å². The van der Waals surface area contributed by atoms with Crippen molar-refractivity contribution >= 4 is 39.4 Å². The van der Waals surface area contributed by atoms with Crippen molar-refractivity contribution in [3.8, 4) is 5.75 Å². The van der Waals surface area contributed by atoms with Gasteiger partial charge in [-0.15, -0.1) is 0 Å². The average molecular weight is 487 g/mol. The van der Waals surface area contributed by atoms with Crippen LogP contribution in [0.3, 0.4) is 0 Å². The zero-order valence-corrected chi connectivity index (χ0v) is 20.3. The predicted octanol–water partition coefficient (Wildman–Crippen LogP) is 5.95. The third-order valence-corrected chi connectivity index (χ3v) is 6.49. The fraction of sp³-hybridized carbons (Fsp3) is 0.179. The minimum Gasteiger partial charge on any atom is -0.497 e. The number of ketones is 1. The summed E-state index contributed by atoms with van der Waals surface area (Å²) in [5, 5.41) is 1.38. The first-order valence-corrected chi connectivity index (χ1v) is 11.6. The summed E-state index contributed by atoms with van der Waals surface area (Å²) < 4.78 is 13.0. The maximum Gasteiger partial charge on any atom is 0.347 e. The molecule has 2 aromatic heterocycles. The zero-order valence-electron chi connectivity index (χ0n) is 19.6. The minimum atomic E-state index is -0.621. The van der Waals surface area contributed by atoms with Gasteiger partial charge in [0.15, 0.2) is 5.78 Å². The van der Waals surface area contributed by atoms with Gasteiger partial charge < -0.3 is 13.7 Å². The molecule has 35 heavy (non-hydrogen) atoms. The topological polar surface area (TPSA) is 74.3 Å². The van der Waals surface area contributed by atoms with E-state index in [1.54, 1.807) is 14.0 Å². The second-order valence-corrected chi connectivity index (χ2v) is 8.98. The number of imidazole rings is 1. The standard InChI is InChI=1S/C28H23ClN2O4/c1-16-22-13-23-24(14-25(22)35-28(33)27(16)17(2)32)31(15-19-4-8-20(29)9-5-19)26(30-23)12-18-6-10-21(34-3)11-7-18/h4-11,13-14H,12,15H2,1-3H3. The number of Topliss-reactive ketones (excluding diaryl/α,β-unsaturated/α-hetero) is 1. The van der Waals surface area contributed by atoms with E-state index in [0.717, 1.165) is 33.7 Å². The third-order valence-electron chi connectivity index (χ3n) is 6.24. The lowest BCUT2D eigenvalue weighted by Gasteiger charge is -2.11. The van der Waals surface area contributed by atoms with E-state index in [2.05, 4.69) is 4.57 Å². The molecule has 5 aromatic rings. The molecule has 0 saturated carbocycles. The summed E-state index contributed by atoms with van der Waals surface area (Å²) in [4.78, 5) is 29.5. The molecular weight excluding hydrogens is 464 g/mol. The monoisotopic (exact) mass is 486 g/mol. The van der Waals surface area contributed by atoms with Crippen molar-refractivity contribution in [2.45, 2.75) is 26.8 Å². The summed E-state index contributed by atoms with van der Waals surface area (Å²) in [6, 6.07) is 19.3. The van der Waals surface area contributed by atoms with Crippen LogP contribution in [0, 0.1) is 6.92 Å². The Labute approximate surface area is 206 Å². The number of fused-ring (bicyclic) bond motifs is 2. The molecule has 0 unspecified atom stereocenters. The van der Waals surface area contributed by atoms with Gasteiger partial charge in [0.25, 0.3) is 0 Å². The SMILES string of the molecule is COc1ccc(Cc2nc3cc4c(C)c(C(C)=O)c(=O)oc4cc3n2Cc2ccc(Cl)cc2)cc1. The van der Waals surface area contributed by atoms with Crippen LogP contribution in [0.4, 0.5) is 0 Å². The van der Waals surface area contributed by atoms with Crippen LogP contribution in [0.2, 0.25) is 5.02 Å². The number of nitrogens with zero attached hydrogens (tertiary/aromatic N) is 2. The number of ether oxygens (including phenoxy) is 1. The molecule has 0 bridgehead atoms. The molecule has 0 atom stereocenters. The summed E-state index contributed by atoms with van der Waals surface area (Å²) >= 11 is 6.09. The van der Waals surface area contributed by atoms with E-state index in [1.165, 1.54) is 6.92 Å². The summed E-state index contributed by atoms with van der Waals surface area (Å²) in [5.74, 6) is 1.34. The Balaban J connectivity index is 1.70. The smallest absolute Gasteiger partial charge is 0.347 e. The molecule has 6 nitrogen and oxygen atoms in total. The predicted molar refractivity (Wildman–Crippen MR) is 137 cm³/mol. The van der Waals surface area contributed by atoms with Crippen LogP contribution in [0.15, 0.2) is 69.9 Å². The van der Waals surface area contributed by atoms with Gasteiger partial charge >= 0.3 is 5.63 Å². The Hall–Kier alpha value is -3.90. The van der Waals surface area contributed by atoms with Crippen LogP contribution in [0.1, 0.15) is 39.8 Å². The van der Waals surface area contributed by atoms with E-state index < -0.39 is 5.63 Å². The maximum atomic E-state index is 12.5. The lowest BCUT2D eigenvalue weighted by atomic mass is 10.0. The highest BCUT2D eigenvalue weighted by Gasteiger charge is 2.19. The molecule has 0 amide bonds. The molecule has 0 N–H and O–H groups in total. The molecule has 0 spiro atoms. The Kier molecular flexibility index (Phi) is 5.91. The van der Waals surface area contributed by atoms with Crippen LogP contribution in [0.25, 0.3) is 22.0 Å². The number of methoxy groups -OCH3 is 1. The quantitative estimate of drug-likeness (QED) is 0.219. The highest BCUT2D eigenvalue weighted by molar-refractivity contribution is 6.30. The molecule has 2 heterocycles. The van der Waals surface area contributed by atoms with Gasteiger partial charge in [-0.25, -0.2) is 9.78 Å². The van der Waals surface area contributed by atoms with Crippen molar-refractivity contribution in [2.75, 3.05) is 7.11 Å². The number of rotatable bonds is 6. The number of aromatic nitrogens is 2. The van der Waals surface area contributed by atoms with E-state index in [9.17, 15) is 9.59 Å². The van der Waals surface area contributed by atoms with E-state index in [1.807, 2.05) is 60.7 Å². The van der Waals surface area contributed by atoms with Gasteiger partial charge in [0.05, 0.1) is 18.1 Å². The Morgan fingerprint density at radius 2 is 1.74 bits per heavy atom. The van der Waals surface area contributed by atoms with Crippen molar-refractivity contribution in [2.24, 2.45) is 0 Å². The molecule has 0 fully saturated rings. The van der Waals surface area contributed by atoms with Crippen molar-refractivity contribution in [3.05, 3.63) is 104 Å². The largest absolute Gasteiger partial charge is 0.497 e. The van der Waals surface area contributed by atoms with Gasteiger partial charge in [-0.1, -0.05) is 35.9 Å². The normalized spacial score (nSPS) is 11.3. The summed E-state index contributed by atoms with van der Waals surface area (Å²) in [6.07, 6.45) is 0.601. The Morgan fingerprint density at radius 3 is 2.40 bits per heavy atom. The van der Waals surface area contributed by atoms with Crippen molar-refractivity contribution in [1.82, 2.24) is 9.55 Å². The van der Waals surface area contributed by atoms with Crippen LogP contribution in [-0.2, 0) is 13.0 Å². The van der Waals surface area contributed by atoms with Gasteiger partial charge in [-0.05, 0) is 60.9 Å². The fourth-order valence-electron chi connectivity index (χ4n) is 4.44. The highest BCUT2D eigenvalue weighted by atomic mass is 35.5. The van der Waals surface area contributed by atoms with Crippen LogP contribution in [-0.4, -0.2) is 22.4 Å². The highest BCUT2D eigenvalue weighted by Crippen LogP contribution is 2.28. The summed E-state index contributed by atoms with van der Waals surface area (Å²) in [7, 11) is 1.64. The molecule has 3 aromatic carbocycles. The molecule has 0 aliphatic heterocycles. The number of halogens is 1. The van der Waals surface area contributed by atoms with E-state index in [0.29, 0.717) is 34.5 Å². The second-order valence-electron chi connectivity index (χ2n) is 8.55. The van der Waals surface area contributed by atoms with Gasteiger partial charge in [0.2, 0.25) is 0 Å². The lowest BCUT2D eigenvalue weighted by Crippen LogP contribution is -2.14. The van der Waals surface area contributed by atoms with Crippen LogP contribution in [0.5, 0.6) is 5.75 Å². The number of benzene rings is 3. The third kappa shape index (κ3) is 4.33. The van der Waals surface area contributed by atoms with Crippen LogP contribution >= 0.6 is 11.6 Å². The van der Waals surface area contributed by atoms with Gasteiger partial charge in [0.1, 0.15) is 22.7 Å². The van der Waals surface area contributed by atoms with Gasteiger partial charge in [-0.2, -0.15) is 0 Å². The first-order chi connectivity index (χ1) is 16.8. The number of carbonyl (C=O) groups is 1. The molecule has 0 aliphatic carbocycles. The number of aryl methyl sites for hydroxylation is 1. The molecule has 5 rings (SSSR count). The van der Waals surface area contributed by atoms with E-state index in [4.69, 9.17) is 25.7 Å². The Bertz CT molecular complexity index is 1630. The fourth-order valence-corrected chi connectivity index (χ4v) is 4.56. The van der Waals surface area contributed by atoms with Crippen molar-refractivity contribution < 1.29 is 13.9 Å². The minimum absolute atomic E-state index is 0.0795. The number of carbonyl (C=O) groups excluding carboxylic acids is 1. The van der Waals surface area contributed by atoms with Crippen LogP contribution < -0.4 is 10.4 Å². The average Bonchev–Trinajstić information content (AvgIpc) is 3.15. The first-order valence-electron chi connectivity index (χ1n) is 11.2. The van der Waals surface area contributed by atoms with E-state index >= 15 is 0 Å². The second kappa shape index (κ2) is 9.04. The van der Waals surface area contributed by atoms with Crippen molar-refractivity contribution in [3.63, 3.8) is 0 Å². The zero-order chi connectivity index (χ0) is 24.7. The maximum absolute atomic E-state index is 12.5. The summed E-state index contributed by atoms with van der Waals surface area (Å²) in [5.41, 5.74) is 4.25. The Morgan fingerprint density at radius 1 is 1.06 bits per heavy atom. The lowest BCUT2D eigenvalue weighted by molar-refractivity contribution is 0.101. The molecule has 7 heteroatoms. The number of hydrogen-bond acceptors (Lipinski definition) is 5. The number of hydrogen-bond donors (Lipinski definition) is 0. The van der Waals surface area contributed by atoms with Gasteiger partial charge in [0, 0.05) is 29.4 Å². The van der Waals surface area contributed by atoms with Crippen molar-refractivity contribution in [1.29, 1.82) is 0 Å². The molecule has 176 valence electrons. The van der Waals surface area contributed by atoms with E-state index in [-0.39, 0.29) is 11.3 Å². The first kappa shape index (κ1) is 22.9. The molecular formula is C28H23ClN2O4. The molecule has 0 radical (unpaired) electrons.